The van der Waals surface area contributed by atoms with E-state index < -0.39 is 5.97 Å². The summed E-state index contributed by atoms with van der Waals surface area (Å²) in [5.74, 6) is -0.0496. The van der Waals surface area contributed by atoms with Crippen LogP contribution in [0.15, 0.2) is 12.1 Å². The first-order chi connectivity index (χ1) is 11.8. The first-order valence-electron chi connectivity index (χ1n) is 8.69. The lowest BCUT2D eigenvalue weighted by Gasteiger charge is -2.38. The molecule has 6 heteroatoms. The number of nitrogens with one attached hydrogen (secondary N) is 1. The van der Waals surface area contributed by atoms with Crippen LogP contribution in [-0.4, -0.2) is 56.8 Å². The minimum absolute atomic E-state index is 0.0906. The zero-order valence-corrected chi connectivity index (χ0v) is 16.4. The number of benzene rings is 1. The molecular weight excluding hydrogens is 320 g/mol. The minimum Gasteiger partial charge on any atom is -0.497 e. The Hall–Kier alpha value is -2.08. The molecule has 1 atom stereocenters. The molecule has 0 spiro atoms. The number of carbonyl (C=O) groups is 2. The van der Waals surface area contributed by atoms with Crippen molar-refractivity contribution in [1.82, 2.24) is 0 Å². The van der Waals surface area contributed by atoms with Gasteiger partial charge in [0.1, 0.15) is 5.75 Å². The van der Waals surface area contributed by atoms with E-state index in [2.05, 4.69) is 26.2 Å². The predicted octanol–water partition coefficient (Wildman–Crippen LogP) is 2.99. The maximum atomic E-state index is 13.0. The summed E-state index contributed by atoms with van der Waals surface area (Å²) in [4.78, 5) is 25.1. The molecule has 6 nitrogen and oxygen atoms in total. The number of ether oxygens (including phenoxy) is 2. The highest BCUT2D eigenvalue weighted by Crippen LogP contribution is 2.28. The number of amides is 1. The van der Waals surface area contributed by atoms with Gasteiger partial charge >= 0.3 is 5.97 Å². The molecular formula is C19H31N2O4+. The number of aryl methyl sites for hydroxylation is 1. The van der Waals surface area contributed by atoms with Gasteiger partial charge in [0.2, 0.25) is 0 Å². The fourth-order valence-electron chi connectivity index (χ4n) is 3.09. The molecule has 0 saturated heterocycles. The van der Waals surface area contributed by atoms with Crippen molar-refractivity contribution in [2.24, 2.45) is 0 Å². The van der Waals surface area contributed by atoms with Gasteiger partial charge in [-0.25, -0.2) is 4.79 Å². The number of nitrogens with zero attached hydrogens (tertiary/aromatic N) is 1. The number of carbonyl (C=O) groups excluding carboxylic acids is 2. The second-order valence-corrected chi connectivity index (χ2v) is 6.38. The van der Waals surface area contributed by atoms with Gasteiger partial charge in [-0.3, -0.25) is 4.79 Å². The number of likely N-dealkylation sites (N-methyl/N-ethyl adjacent to an activating group) is 1. The standard InChI is InChI=1S/C19H30N2O4/c1-8-16(21(5,9-2)10-3)18(22)20-17-13(4)11-14(24-6)12-15(17)19(23)25-7/h11-12,16H,8-10H2,1-7H3/p+1. The maximum absolute atomic E-state index is 13.0. The van der Waals surface area contributed by atoms with Crippen molar-refractivity contribution in [3.8, 4) is 5.75 Å². The van der Waals surface area contributed by atoms with E-state index in [-0.39, 0.29) is 11.9 Å². The van der Waals surface area contributed by atoms with Crippen LogP contribution in [0.4, 0.5) is 5.69 Å². The number of anilines is 1. The van der Waals surface area contributed by atoms with Gasteiger partial charge < -0.3 is 19.3 Å². The van der Waals surface area contributed by atoms with Crippen LogP contribution in [0.3, 0.4) is 0 Å². The Morgan fingerprint density at radius 3 is 2.20 bits per heavy atom. The van der Waals surface area contributed by atoms with Gasteiger partial charge in [0.05, 0.1) is 45.6 Å². The average Bonchev–Trinajstić information content (AvgIpc) is 2.62. The van der Waals surface area contributed by atoms with E-state index in [0.717, 1.165) is 18.7 Å². The fraction of sp³-hybridized carbons (Fsp3) is 0.579. The fourth-order valence-corrected chi connectivity index (χ4v) is 3.09. The molecule has 1 unspecified atom stereocenters. The van der Waals surface area contributed by atoms with Gasteiger partial charge in [-0.15, -0.1) is 0 Å². The molecule has 0 aliphatic rings. The molecule has 0 aliphatic carbocycles. The summed E-state index contributed by atoms with van der Waals surface area (Å²) in [6, 6.07) is 3.18. The first kappa shape index (κ1) is 21.0. The summed E-state index contributed by atoms with van der Waals surface area (Å²) in [6.07, 6.45) is 0.715. The van der Waals surface area contributed by atoms with Crippen LogP contribution in [0.1, 0.15) is 43.1 Å². The monoisotopic (exact) mass is 351 g/mol. The quantitative estimate of drug-likeness (QED) is 0.578. The lowest BCUT2D eigenvalue weighted by molar-refractivity contribution is -0.921. The second-order valence-electron chi connectivity index (χ2n) is 6.38. The molecule has 0 saturated carbocycles. The second kappa shape index (κ2) is 8.85. The van der Waals surface area contributed by atoms with Gasteiger partial charge in [-0.05, 0) is 38.5 Å². The van der Waals surface area contributed by atoms with Gasteiger partial charge in [-0.1, -0.05) is 6.92 Å². The molecule has 1 rings (SSSR count). The van der Waals surface area contributed by atoms with Crippen molar-refractivity contribution in [3.63, 3.8) is 0 Å². The van der Waals surface area contributed by atoms with Crippen molar-refractivity contribution in [3.05, 3.63) is 23.3 Å². The molecule has 25 heavy (non-hydrogen) atoms. The number of rotatable bonds is 8. The number of quaternary nitrogens is 1. The maximum Gasteiger partial charge on any atom is 0.340 e. The van der Waals surface area contributed by atoms with E-state index in [4.69, 9.17) is 9.47 Å². The third kappa shape index (κ3) is 4.51. The number of methoxy groups -OCH3 is 2. The smallest absolute Gasteiger partial charge is 0.340 e. The highest BCUT2D eigenvalue weighted by molar-refractivity contribution is 6.03. The molecule has 1 amide bonds. The Bertz CT molecular complexity index is 624. The molecule has 0 aliphatic heterocycles. The molecule has 140 valence electrons. The normalized spacial score (nSPS) is 12.4. The van der Waals surface area contributed by atoms with Crippen LogP contribution in [0.2, 0.25) is 0 Å². The number of hydrogen-bond donors (Lipinski definition) is 1. The summed E-state index contributed by atoms with van der Waals surface area (Å²) in [7, 11) is 4.93. The Morgan fingerprint density at radius 1 is 1.16 bits per heavy atom. The van der Waals surface area contributed by atoms with Crippen molar-refractivity contribution < 1.29 is 23.5 Å². The average molecular weight is 351 g/mol. The highest BCUT2D eigenvalue weighted by atomic mass is 16.5. The molecule has 0 heterocycles. The van der Waals surface area contributed by atoms with Gasteiger partial charge in [-0.2, -0.15) is 0 Å². The lowest BCUT2D eigenvalue weighted by atomic mass is 10.0. The van der Waals surface area contributed by atoms with E-state index in [1.54, 1.807) is 12.1 Å². The van der Waals surface area contributed by atoms with Crippen molar-refractivity contribution in [1.29, 1.82) is 0 Å². The van der Waals surface area contributed by atoms with Crippen LogP contribution >= 0.6 is 0 Å². The summed E-state index contributed by atoms with van der Waals surface area (Å²) in [5.41, 5.74) is 1.53. The summed E-state index contributed by atoms with van der Waals surface area (Å²) >= 11 is 0. The molecule has 0 bridgehead atoms. The van der Waals surface area contributed by atoms with Crippen LogP contribution in [-0.2, 0) is 9.53 Å². The summed E-state index contributed by atoms with van der Waals surface area (Å²) < 4.78 is 10.7. The van der Waals surface area contributed by atoms with Crippen LogP contribution in [0.5, 0.6) is 5.75 Å². The van der Waals surface area contributed by atoms with Gasteiger partial charge in [0.25, 0.3) is 5.91 Å². The van der Waals surface area contributed by atoms with E-state index in [1.807, 2.05) is 13.8 Å². The number of hydrogen-bond acceptors (Lipinski definition) is 4. The van der Waals surface area contributed by atoms with Crippen LogP contribution in [0, 0.1) is 6.92 Å². The van der Waals surface area contributed by atoms with E-state index >= 15 is 0 Å². The largest absolute Gasteiger partial charge is 0.497 e. The van der Waals surface area contributed by atoms with Gasteiger partial charge in [0, 0.05) is 6.42 Å². The Labute approximate surface area is 150 Å². The van der Waals surface area contributed by atoms with Crippen LogP contribution in [0.25, 0.3) is 0 Å². The van der Waals surface area contributed by atoms with Crippen molar-refractivity contribution in [2.75, 3.05) is 39.7 Å². The minimum atomic E-state index is -0.506. The number of esters is 1. The third-order valence-corrected chi connectivity index (χ3v) is 5.08. The molecule has 1 aromatic carbocycles. The molecule has 0 radical (unpaired) electrons. The van der Waals surface area contributed by atoms with E-state index in [1.165, 1.54) is 14.2 Å². The molecule has 1 N–H and O–H groups in total. The SMILES string of the molecule is CCC(C(=O)Nc1c(C)cc(OC)cc1C(=O)OC)[N+](C)(CC)CC. The molecule has 0 fully saturated rings. The Balaban J connectivity index is 3.29. The topological polar surface area (TPSA) is 64.6 Å². The van der Waals surface area contributed by atoms with E-state index in [9.17, 15) is 9.59 Å². The highest BCUT2D eigenvalue weighted by Gasteiger charge is 2.35. The Morgan fingerprint density at radius 2 is 1.76 bits per heavy atom. The zero-order chi connectivity index (χ0) is 19.2. The lowest BCUT2D eigenvalue weighted by Crippen LogP contribution is -2.56. The molecule has 0 aromatic heterocycles. The third-order valence-electron chi connectivity index (χ3n) is 5.08. The van der Waals surface area contributed by atoms with E-state index in [0.29, 0.717) is 27.9 Å². The summed E-state index contributed by atoms with van der Waals surface area (Å²) in [6.45, 7) is 9.71. The Kier molecular flexibility index (Phi) is 7.42. The predicted molar refractivity (Wildman–Crippen MR) is 99.0 cm³/mol. The summed E-state index contributed by atoms with van der Waals surface area (Å²) in [5, 5.41) is 2.96. The van der Waals surface area contributed by atoms with Gasteiger partial charge in [0.15, 0.2) is 6.04 Å². The van der Waals surface area contributed by atoms with Crippen LogP contribution < -0.4 is 10.1 Å². The van der Waals surface area contributed by atoms with Crippen molar-refractivity contribution >= 4 is 17.6 Å². The zero-order valence-electron chi connectivity index (χ0n) is 16.4. The first-order valence-corrected chi connectivity index (χ1v) is 8.69. The van der Waals surface area contributed by atoms with Crippen molar-refractivity contribution in [2.45, 2.75) is 40.2 Å². The molecule has 1 aromatic rings.